The number of nitriles is 1. The number of aryl methyl sites for hydroxylation is 3. The number of rotatable bonds is 1. The summed E-state index contributed by atoms with van der Waals surface area (Å²) in [6.45, 7) is 6.68. The lowest BCUT2D eigenvalue weighted by atomic mass is 9.93. The molecule has 5 rings (SSSR count). The fraction of sp³-hybridized carbons (Fsp3) is 0.280. The minimum absolute atomic E-state index is 0.279. The van der Waals surface area contributed by atoms with Gasteiger partial charge in [0.15, 0.2) is 17.3 Å². The van der Waals surface area contributed by atoms with Crippen molar-refractivity contribution in [2.75, 3.05) is 5.73 Å². The molecule has 0 spiro atoms. The summed E-state index contributed by atoms with van der Waals surface area (Å²) in [7, 11) is 1.91. The van der Waals surface area contributed by atoms with Gasteiger partial charge in [0.25, 0.3) is 0 Å². The second kappa shape index (κ2) is 7.78. The van der Waals surface area contributed by atoms with Gasteiger partial charge in [-0.1, -0.05) is 23.8 Å². The second-order valence-corrected chi connectivity index (χ2v) is 8.41. The molecule has 0 saturated heterocycles. The van der Waals surface area contributed by atoms with E-state index in [2.05, 4.69) is 41.3 Å². The smallest absolute Gasteiger partial charge is 0.166 e. The van der Waals surface area contributed by atoms with E-state index >= 15 is 0 Å². The third-order valence-corrected chi connectivity index (χ3v) is 6.09. The normalized spacial score (nSPS) is 14.7. The van der Waals surface area contributed by atoms with Gasteiger partial charge in [0.05, 0.1) is 11.4 Å². The van der Waals surface area contributed by atoms with Gasteiger partial charge in [0, 0.05) is 60.2 Å². The molecule has 4 aromatic rings. The number of pyridine rings is 1. The molecular formula is C25H25N7O. The molecule has 0 radical (unpaired) electrons. The Kier molecular flexibility index (Phi) is 4.90. The Labute approximate surface area is 192 Å². The summed E-state index contributed by atoms with van der Waals surface area (Å²) in [5, 5.41) is 19.3. The molecule has 8 nitrogen and oxygen atoms in total. The van der Waals surface area contributed by atoms with Crippen LogP contribution in [0.4, 0.5) is 5.82 Å². The molecule has 1 unspecified atom stereocenters. The Bertz CT molecular complexity index is 1420. The standard InChI is InChI=1S/C25H25N7O/c1-5-32-24-16-10-22(25(27)28-12-16)33-15(3)19-8-14(2)6-7-18(19)23-17(13-31(4)30-23)9-20(24)21(11-26)29-32/h6-8,10,12-13,15H,5,9H2,1-4H3,(H2,27,28). The maximum Gasteiger partial charge on any atom is 0.166 e. The predicted octanol–water partition coefficient (Wildman–Crippen LogP) is 4.17. The minimum atomic E-state index is -0.279. The molecule has 0 aliphatic carbocycles. The lowest BCUT2D eigenvalue weighted by Crippen LogP contribution is -2.10. The second-order valence-electron chi connectivity index (χ2n) is 8.41. The first-order valence-electron chi connectivity index (χ1n) is 10.9. The first kappa shape index (κ1) is 20.8. The maximum absolute atomic E-state index is 9.88. The van der Waals surface area contributed by atoms with Crippen molar-refractivity contribution in [2.45, 2.75) is 39.8 Å². The van der Waals surface area contributed by atoms with Crippen molar-refractivity contribution in [2.24, 2.45) is 7.05 Å². The molecule has 8 heteroatoms. The van der Waals surface area contributed by atoms with E-state index in [0.717, 1.165) is 44.8 Å². The number of nitrogens with two attached hydrogens (primary N) is 1. The Morgan fingerprint density at radius 2 is 2.09 bits per heavy atom. The number of aromatic nitrogens is 5. The minimum Gasteiger partial charge on any atom is -0.482 e. The molecule has 166 valence electrons. The van der Waals surface area contributed by atoms with Crippen molar-refractivity contribution in [3.63, 3.8) is 0 Å². The van der Waals surface area contributed by atoms with E-state index in [1.54, 1.807) is 6.20 Å². The molecular weight excluding hydrogens is 414 g/mol. The number of nitrogen functional groups attached to an aromatic ring is 1. The summed E-state index contributed by atoms with van der Waals surface area (Å²) in [6.07, 6.45) is 3.97. The van der Waals surface area contributed by atoms with Crippen molar-refractivity contribution in [3.05, 3.63) is 64.6 Å². The van der Waals surface area contributed by atoms with Crippen LogP contribution in [0.1, 0.15) is 47.9 Å². The molecule has 0 amide bonds. The molecule has 33 heavy (non-hydrogen) atoms. The summed E-state index contributed by atoms with van der Waals surface area (Å²) < 4.78 is 10.0. The van der Waals surface area contributed by atoms with Gasteiger partial charge >= 0.3 is 0 Å². The van der Waals surface area contributed by atoms with Gasteiger partial charge in [-0.2, -0.15) is 15.5 Å². The average molecular weight is 440 g/mol. The van der Waals surface area contributed by atoms with Crippen molar-refractivity contribution in [3.8, 4) is 34.3 Å². The molecule has 0 saturated carbocycles. The van der Waals surface area contributed by atoms with E-state index in [0.29, 0.717) is 30.2 Å². The first-order chi connectivity index (χ1) is 15.9. The number of benzene rings is 1. The molecule has 1 atom stereocenters. The number of nitrogens with zero attached hydrogens (tertiary/aromatic N) is 6. The summed E-state index contributed by atoms with van der Waals surface area (Å²) in [5.74, 6) is 0.822. The van der Waals surface area contributed by atoms with Crippen LogP contribution < -0.4 is 10.5 Å². The highest BCUT2D eigenvalue weighted by Gasteiger charge is 2.26. The Hall–Kier alpha value is -4.12. The first-order valence-corrected chi connectivity index (χ1v) is 10.9. The number of hydrogen-bond acceptors (Lipinski definition) is 6. The zero-order valence-electron chi connectivity index (χ0n) is 19.1. The molecule has 2 bridgehead atoms. The summed E-state index contributed by atoms with van der Waals surface area (Å²) >= 11 is 0. The molecule has 1 aromatic carbocycles. The highest BCUT2D eigenvalue weighted by atomic mass is 16.5. The molecule has 1 aliphatic heterocycles. The van der Waals surface area contributed by atoms with Crippen LogP contribution in [0.3, 0.4) is 0 Å². The van der Waals surface area contributed by atoms with E-state index in [9.17, 15) is 5.26 Å². The summed E-state index contributed by atoms with van der Waals surface area (Å²) in [4.78, 5) is 4.41. The average Bonchev–Trinajstić information content (AvgIpc) is 3.34. The fourth-order valence-corrected chi connectivity index (χ4v) is 4.56. The zero-order chi connectivity index (χ0) is 23.3. The van der Waals surface area contributed by atoms with Crippen LogP contribution >= 0.6 is 0 Å². The van der Waals surface area contributed by atoms with Gasteiger partial charge < -0.3 is 10.5 Å². The van der Waals surface area contributed by atoms with Crippen LogP contribution in [-0.2, 0) is 20.0 Å². The van der Waals surface area contributed by atoms with Crippen molar-refractivity contribution < 1.29 is 4.74 Å². The van der Waals surface area contributed by atoms with Gasteiger partial charge in [-0.3, -0.25) is 9.36 Å². The fourth-order valence-electron chi connectivity index (χ4n) is 4.56. The van der Waals surface area contributed by atoms with E-state index in [1.165, 1.54) is 0 Å². The zero-order valence-corrected chi connectivity index (χ0v) is 19.1. The van der Waals surface area contributed by atoms with Crippen LogP contribution in [0.2, 0.25) is 0 Å². The van der Waals surface area contributed by atoms with E-state index in [-0.39, 0.29) is 6.10 Å². The number of fused-ring (bicyclic) bond motifs is 7. The quantitative estimate of drug-likeness (QED) is 0.477. The molecule has 1 aliphatic rings. The van der Waals surface area contributed by atoms with Gasteiger partial charge in [-0.05, 0) is 26.8 Å². The summed E-state index contributed by atoms with van der Waals surface area (Å²) in [6, 6.07) is 10.5. The number of anilines is 1. The molecule has 2 N–H and O–H groups in total. The van der Waals surface area contributed by atoms with Gasteiger partial charge in [0.2, 0.25) is 0 Å². The van der Waals surface area contributed by atoms with Crippen molar-refractivity contribution in [1.29, 1.82) is 5.26 Å². The third kappa shape index (κ3) is 3.42. The van der Waals surface area contributed by atoms with E-state index in [1.807, 2.05) is 42.5 Å². The number of ether oxygens (including phenoxy) is 1. The third-order valence-electron chi connectivity index (χ3n) is 6.09. The Balaban J connectivity index is 1.86. The molecule has 0 fully saturated rings. The highest BCUT2D eigenvalue weighted by Crippen LogP contribution is 2.39. The van der Waals surface area contributed by atoms with Crippen molar-refractivity contribution in [1.82, 2.24) is 24.5 Å². The van der Waals surface area contributed by atoms with Crippen molar-refractivity contribution >= 4 is 5.82 Å². The van der Waals surface area contributed by atoms with Crippen LogP contribution in [0.25, 0.3) is 22.5 Å². The topological polar surface area (TPSA) is 108 Å². The van der Waals surface area contributed by atoms with Crippen LogP contribution in [0.15, 0.2) is 36.7 Å². The summed E-state index contributed by atoms with van der Waals surface area (Å²) in [5.41, 5.74) is 14.1. The van der Waals surface area contributed by atoms with Crippen LogP contribution in [0, 0.1) is 18.3 Å². The van der Waals surface area contributed by atoms with Gasteiger partial charge in [-0.15, -0.1) is 0 Å². The Morgan fingerprint density at radius 3 is 2.85 bits per heavy atom. The highest BCUT2D eigenvalue weighted by molar-refractivity contribution is 5.73. The largest absolute Gasteiger partial charge is 0.482 e. The lowest BCUT2D eigenvalue weighted by molar-refractivity contribution is 0.228. The van der Waals surface area contributed by atoms with Crippen LogP contribution in [0.5, 0.6) is 5.75 Å². The van der Waals surface area contributed by atoms with Gasteiger partial charge in [0.1, 0.15) is 12.2 Å². The van der Waals surface area contributed by atoms with E-state index in [4.69, 9.17) is 15.6 Å². The Morgan fingerprint density at radius 1 is 1.27 bits per heavy atom. The predicted molar refractivity (Wildman–Crippen MR) is 125 cm³/mol. The van der Waals surface area contributed by atoms with Gasteiger partial charge in [-0.25, -0.2) is 4.98 Å². The maximum atomic E-state index is 9.88. The molecule has 4 heterocycles. The molecule has 3 aromatic heterocycles. The monoisotopic (exact) mass is 439 g/mol. The SMILES string of the molecule is CCn1nc(C#N)c2c1-c1cnc(N)c(c1)OC(C)c1cc(C)ccc1-c1nn(C)cc1C2. The van der Waals surface area contributed by atoms with E-state index < -0.39 is 0 Å². The van der Waals surface area contributed by atoms with Crippen LogP contribution in [-0.4, -0.2) is 24.5 Å². The lowest BCUT2D eigenvalue weighted by Gasteiger charge is -2.21. The number of hydrogen-bond donors (Lipinski definition) is 1.